The van der Waals surface area contributed by atoms with E-state index in [1.165, 1.54) is 12.1 Å². The summed E-state index contributed by atoms with van der Waals surface area (Å²) in [6.45, 7) is 0. The summed E-state index contributed by atoms with van der Waals surface area (Å²) in [4.78, 5) is 13.3. The lowest BCUT2D eigenvalue weighted by Gasteiger charge is -2.11. The van der Waals surface area contributed by atoms with Crippen LogP contribution in [-0.4, -0.2) is 15.0 Å². The standard InChI is InChI=1S/C25H19FN6/c26-17-8-6-16(7-9-17)23-14-24(32-25(28)31-23)29-18-10-11-21-19(12-18)20(27)13-22(30-21)15-4-2-1-3-5-15/h1-14H,(H2,27,30)(H3,28,29,31,32). The lowest BCUT2D eigenvalue weighted by Crippen LogP contribution is -2.02. The molecular formula is C25H19FN6. The maximum atomic E-state index is 13.2. The third-order valence-corrected chi connectivity index (χ3v) is 5.07. The lowest BCUT2D eigenvalue weighted by molar-refractivity contribution is 0.628. The van der Waals surface area contributed by atoms with Gasteiger partial charge in [0.25, 0.3) is 0 Å². The number of halogens is 1. The van der Waals surface area contributed by atoms with E-state index in [0.29, 0.717) is 17.2 Å². The summed E-state index contributed by atoms with van der Waals surface area (Å²) in [6.07, 6.45) is 0. The van der Waals surface area contributed by atoms with Crippen molar-refractivity contribution < 1.29 is 4.39 Å². The summed E-state index contributed by atoms with van der Waals surface area (Å²) in [5.41, 5.74) is 17.6. The molecule has 0 atom stereocenters. The van der Waals surface area contributed by atoms with Crippen LogP contribution in [0.15, 0.2) is 84.9 Å². The van der Waals surface area contributed by atoms with Gasteiger partial charge in [0.05, 0.1) is 16.9 Å². The fraction of sp³-hybridized carbons (Fsp3) is 0. The van der Waals surface area contributed by atoms with Crippen molar-refractivity contribution in [3.05, 3.63) is 90.7 Å². The summed E-state index contributed by atoms with van der Waals surface area (Å²) < 4.78 is 13.2. The number of pyridine rings is 1. The molecular weight excluding hydrogens is 403 g/mol. The smallest absolute Gasteiger partial charge is 0.222 e. The van der Waals surface area contributed by atoms with Crippen molar-refractivity contribution in [3.8, 4) is 22.5 Å². The Balaban J connectivity index is 1.48. The molecule has 0 unspecified atom stereocenters. The van der Waals surface area contributed by atoms with Crippen LogP contribution in [0.2, 0.25) is 0 Å². The number of nitrogens with one attached hydrogen (secondary N) is 1. The fourth-order valence-corrected chi connectivity index (χ4v) is 3.53. The third kappa shape index (κ3) is 3.91. The SMILES string of the molecule is Nc1nc(Nc2ccc3nc(-c4ccccc4)cc(N)c3c2)cc(-c2ccc(F)cc2)n1. The van der Waals surface area contributed by atoms with Gasteiger partial charge in [0.2, 0.25) is 5.95 Å². The largest absolute Gasteiger partial charge is 0.398 e. The molecule has 5 N–H and O–H groups in total. The van der Waals surface area contributed by atoms with E-state index < -0.39 is 0 Å². The highest BCUT2D eigenvalue weighted by Crippen LogP contribution is 2.30. The molecule has 2 heterocycles. The van der Waals surface area contributed by atoms with E-state index in [9.17, 15) is 4.39 Å². The summed E-state index contributed by atoms with van der Waals surface area (Å²) in [5.74, 6) is 0.319. The Hall–Kier alpha value is -4.52. The minimum atomic E-state index is -0.313. The predicted octanol–water partition coefficient (Wildman–Crippen LogP) is 5.41. The highest BCUT2D eigenvalue weighted by atomic mass is 19.1. The molecule has 0 amide bonds. The Kier molecular flexibility index (Phi) is 4.84. The molecule has 0 saturated carbocycles. The molecule has 0 fully saturated rings. The van der Waals surface area contributed by atoms with Crippen molar-refractivity contribution in [2.24, 2.45) is 0 Å². The number of hydrogen-bond acceptors (Lipinski definition) is 6. The molecule has 3 aromatic carbocycles. The minimum absolute atomic E-state index is 0.115. The van der Waals surface area contributed by atoms with E-state index in [1.54, 1.807) is 18.2 Å². The van der Waals surface area contributed by atoms with Crippen molar-refractivity contribution in [2.75, 3.05) is 16.8 Å². The van der Waals surface area contributed by atoms with Crippen molar-refractivity contribution in [1.82, 2.24) is 15.0 Å². The van der Waals surface area contributed by atoms with Gasteiger partial charge in [-0.1, -0.05) is 30.3 Å². The van der Waals surface area contributed by atoms with E-state index >= 15 is 0 Å². The van der Waals surface area contributed by atoms with E-state index in [0.717, 1.165) is 33.4 Å². The number of aromatic nitrogens is 3. The first-order chi connectivity index (χ1) is 15.5. The lowest BCUT2D eigenvalue weighted by atomic mass is 10.1. The summed E-state index contributed by atoms with van der Waals surface area (Å²) in [7, 11) is 0. The van der Waals surface area contributed by atoms with Crippen LogP contribution in [0.5, 0.6) is 0 Å². The Labute approximate surface area is 183 Å². The number of nitrogens with zero attached hydrogens (tertiary/aromatic N) is 3. The zero-order valence-electron chi connectivity index (χ0n) is 17.0. The predicted molar refractivity (Wildman–Crippen MR) is 127 cm³/mol. The number of anilines is 4. The Morgan fingerprint density at radius 3 is 2.19 bits per heavy atom. The molecule has 0 aliphatic carbocycles. The Morgan fingerprint density at radius 1 is 0.688 bits per heavy atom. The maximum Gasteiger partial charge on any atom is 0.222 e. The first-order valence-corrected chi connectivity index (χ1v) is 9.98. The van der Waals surface area contributed by atoms with Gasteiger partial charge in [-0.2, -0.15) is 4.98 Å². The molecule has 7 heteroatoms. The molecule has 0 bridgehead atoms. The molecule has 5 rings (SSSR count). The van der Waals surface area contributed by atoms with Gasteiger partial charge in [-0.05, 0) is 48.5 Å². The average molecular weight is 422 g/mol. The Bertz CT molecular complexity index is 1420. The first kappa shape index (κ1) is 19.4. The maximum absolute atomic E-state index is 13.2. The number of fused-ring (bicyclic) bond motifs is 1. The minimum Gasteiger partial charge on any atom is -0.398 e. The van der Waals surface area contributed by atoms with E-state index in [-0.39, 0.29) is 11.8 Å². The van der Waals surface area contributed by atoms with Crippen LogP contribution >= 0.6 is 0 Å². The molecule has 0 radical (unpaired) electrons. The number of benzene rings is 3. The second kappa shape index (κ2) is 7.96. The molecule has 0 spiro atoms. The zero-order valence-corrected chi connectivity index (χ0v) is 17.0. The van der Waals surface area contributed by atoms with Crippen LogP contribution in [0.3, 0.4) is 0 Å². The van der Waals surface area contributed by atoms with Crippen molar-refractivity contribution >= 4 is 34.0 Å². The highest BCUT2D eigenvalue weighted by Gasteiger charge is 2.09. The van der Waals surface area contributed by atoms with Gasteiger partial charge < -0.3 is 16.8 Å². The van der Waals surface area contributed by atoms with E-state index in [4.69, 9.17) is 16.5 Å². The number of hydrogen-bond donors (Lipinski definition) is 3. The summed E-state index contributed by atoms with van der Waals surface area (Å²) in [6, 6.07) is 25.3. The number of nitrogen functional groups attached to an aromatic ring is 2. The quantitative estimate of drug-likeness (QED) is 0.358. The normalized spacial score (nSPS) is 10.9. The van der Waals surface area contributed by atoms with Crippen molar-refractivity contribution in [2.45, 2.75) is 0 Å². The second-order valence-electron chi connectivity index (χ2n) is 7.32. The molecule has 0 saturated heterocycles. The van der Waals surface area contributed by atoms with Crippen molar-refractivity contribution in [3.63, 3.8) is 0 Å². The molecule has 5 aromatic rings. The van der Waals surface area contributed by atoms with Gasteiger partial charge in [0, 0.05) is 34.0 Å². The third-order valence-electron chi connectivity index (χ3n) is 5.07. The molecule has 0 aliphatic heterocycles. The van der Waals surface area contributed by atoms with Gasteiger partial charge in [-0.25, -0.2) is 14.4 Å². The van der Waals surface area contributed by atoms with Crippen LogP contribution in [0.1, 0.15) is 0 Å². The van der Waals surface area contributed by atoms with Gasteiger partial charge in [0.1, 0.15) is 11.6 Å². The highest BCUT2D eigenvalue weighted by molar-refractivity contribution is 5.95. The average Bonchev–Trinajstić information content (AvgIpc) is 2.80. The van der Waals surface area contributed by atoms with Gasteiger partial charge in [0.15, 0.2) is 0 Å². The summed E-state index contributed by atoms with van der Waals surface area (Å²) in [5, 5.41) is 4.07. The van der Waals surface area contributed by atoms with E-state index in [2.05, 4.69) is 15.3 Å². The first-order valence-electron chi connectivity index (χ1n) is 9.98. The zero-order chi connectivity index (χ0) is 22.1. The molecule has 6 nitrogen and oxygen atoms in total. The summed E-state index contributed by atoms with van der Waals surface area (Å²) >= 11 is 0. The molecule has 156 valence electrons. The molecule has 2 aromatic heterocycles. The second-order valence-corrected chi connectivity index (χ2v) is 7.32. The number of rotatable bonds is 4. The van der Waals surface area contributed by atoms with E-state index in [1.807, 2.05) is 54.6 Å². The van der Waals surface area contributed by atoms with Crippen molar-refractivity contribution in [1.29, 1.82) is 0 Å². The van der Waals surface area contributed by atoms with Crippen LogP contribution in [0.4, 0.5) is 27.5 Å². The van der Waals surface area contributed by atoms with Crippen LogP contribution in [-0.2, 0) is 0 Å². The van der Waals surface area contributed by atoms with Gasteiger partial charge in [-0.3, -0.25) is 0 Å². The van der Waals surface area contributed by atoms with Crippen LogP contribution in [0.25, 0.3) is 33.4 Å². The topological polar surface area (TPSA) is 103 Å². The van der Waals surface area contributed by atoms with Crippen LogP contribution in [0, 0.1) is 5.82 Å². The van der Waals surface area contributed by atoms with Gasteiger partial charge >= 0.3 is 0 Å². The fourth-order valence-electron chi connectivity index (χ4n) is 3.53. The number of nitrogens with two attached hydrogens (primary N) is 2. The monoisotopic (exact) mass is 422 g/mol. The molecule has 32 heavy (non-hydrogen) atoms. The molecule has 0 aliphatic rings. The Morgan fingerprint density at radius 2 is 1.41 bits per heavy atom. The van der Waals surface area contributed by atoms with Crippen LogP contribution < -0.4 is 16.8 Å². The van der Waals surface area contributed by atoms with Gasteiger partial charge in [-0.15, -0.1) is 0 Å².